The zero-order valence-corrected chi connectivity index (χ0v) is 10.8. The first-order valence-corrected chi connectivity index (χ1v) is 6.51. The van der Waals surface area contributed by atoms with Crippen LogP contribution in [-0.4, -0.2) is 6.04 Å². The minimum absolute atomic E-state index is 0.127. The van der Waals surface area contributed by atoms with Crippen molar-refractivity contribution in [1.82, 2.24) is 0 Å². The Labute approximate surface area is 108 Å². The average molecular weight is 249 g/mol. The largest absolute Gasteiger partial charge is 0.381 e. The highest BCUT2D eigenvalue weighted by atomic mass is 35.5. The summed E-state index contributed by atoms with van der Waals surface area (Å²) in [5, 5.41) is 13.4. The summed E-state index contributed by atoms with van der Waals surface area (Å²) in [6.07, 6.45) is 4.46. The highest BCUT2D eigenvalue weighted by molar-refractivity contribution is 6.30. The van der Waals surface area contributed by atoms with Crippen molar-refractivity contribution in [2.24, 2.45) is 5.92 Å². The Hall–Kier alpha value is -1.20. The summed E-state index contributed by atoms with van der Waals surface area (Å²) in [4.78, 5) is 0. The summed E-state index contributed by atoms with van der Waals surface area (Å²) < 4.78 is 0. The van der Waals surface area contributed by atoms with E-state index >= 15 is 0 Å². The fraction of sp³-hybridized carbons (Fsp3) is 0.500. The SMILES string of the molecule is Cc1ccc(Cl)cc1NC1CCCCC1C#N. The van der Waals surface area contributed by atoms with Gasteiger partial charge in [0.2, 0.25) is 0 Å². The molecule has 0 bridgehead atoms. The van der Waals surface area contributed by atoms with Gasteiger partial charge in [0.25, 0.3) is 0 Å². The second-order valence-electron chi connectivity index (χ2n) is 4.73. The standard InChI is InChI=1S/C14H17ClN2/c1-10-6-7-12(15)8-14(10)17-13-5-3-2-4-11(13)9-16/h6-8,11,13,17H,2-5H2,1H3. The molecule has 2 atom stereocenters. The third-order valence-electron chi connectivity index (χ3n) is 3.47. The topological polar surface area (TPSA) is 35.8 Å². The molecule has 2 unspecified atom stereocenters. The van der Waals surface area contributed by atoms with Crippen LogP contribution in [0.25, 0.3) is 0 Å². The van der Waals surface area contributed by atoms with E-state index in [1.807, 2.05) is 18.2 Å². The zero-order chi connectivity index (χ0) is 12.3. The molecule has 17 heavy (non-hydrogen) atoms. The molecule has 1 aliphatic rings. The van der Waals surface area contributed by atoms with Crippen molar-refractivity contribution < 1.29 is 0 Å². The Morgan fingerprint density at radius 2 is 2.12 bits per heavy atom. The minimum atomic E-state index is 0.127. The number of anilines is 1. The van der Waals surface area contributed by atoms with Gasteiger partial charge in [-0.25, -0.2) is 0 Å². The van der Waals surface area contributed by atoms with Crippen LogP contribution in [0.1, 0.15) is 31.2 Å². The molecule has 1 aromatic rings. The summed E-state index contributed by atoms with van der Waals surface area (Å²) in [5.74, 6) is 0.127. The van der Waals surface area contributed by atoms with Gasteiger partial charge in [-0.15, -0.1) is 0 Å². The minimum Gasteiger partial charge on any atom is -0.381 e. The Morgan fingerprint density at radius 3 is 2.88 bits per heavy atom. The predicted octanol–water partition coefficient (Wildman–Crippen LogP) is 4.14. The lowest BCUT2D eigenvalue weighted by Gasteiger charge is -2.29. The van der Waals surface area contributed by atoms with Crippen molar-refractivity contribution in [1.29, 1.82) is 5.26 Å². The van der Waals surface area contributed by atoms with Crippen LogP contribution in [0.15, 0.2) is 18.2 Å². The number of nitrogens with one attached hydrogen (secondary N) is 1. The molecule has 0 amide bonds. The monoisotopic (exact) mass is 248 g/mol. The summed E-state index contributed by atoms with van der Waals surface area (Å²) in [6, 6.07) is 8.53. The van der Waals surface area contributed by atoms with Crippen molar-refractivity contribution in [3.8, 4) is 6.07 Å². The van der Waals surface area contributed by atoms with E-state index in [0.717, 1.165) is 23.6 Å². The number of nitrogens with zero attached hydrogens (tertiary/aromatic N) is 1. The Balaban J connectivity index is 2.14. The number of aryl methyl sites for hydroxylation is 1. The smallest absolute Gasteiger partial charge is 0.0677 e. The molecule has 0 radical (unpaired) electrons. The van der Waals surface area contributed by atoms with Crippen molar-refractivity contribution in [3.05, 3.63) is 28.8 Å². The van der Waals surface area contributed by atoms with E-state index in [2.05, 4.69) is 18.3 Å². The number of hydrogen-bond acceptors (Lipinski definition) is 2. The van der Waals surface area contributed by atoms with Crippen LogP contribution in [0.5, 0.6) is 0 Å². The maximum atomic E-state index is 9.15. The first-order chi connectivity index (χ1) is 8.20. The molecular weight excluding hydrogens is 232 g/mol. The van der Waals surface area contributed by atoms with Crippen molar-refractivity contribution in [2.75, 3.05) is 5.32 Å². The number of rotatable bonds is 2. The van der Waals surface area contributed by atoms with E-state index in [-0.39, 0.29) is 12.0 Å². The van der Waals surface area contributed by atoms with Crippen molar-refractivity contribution in [2.45, 2.75) is 38.6 Å². The first kappa shape index (κ1) is 12.3. The van der Waals surface area contributed by atoms with Gasteiger partial charge in [-0.2, -0.15) is 5.26 Å². The fourth-order valence-corrected chi connectivity index (χ4v) is 2.58. The molecule has 0 saturated heterocycles. The second-order valence-corrected chi connectivity index (χ2v) is 5.17. The number of hydrogen-bond donors (Lipinski definition) is 1. The third-order valence-corrected chi connectivity index (χ3v) is 3.71. The van der Waals surface area contributed by atoms with Crippen LogP contribution in [0, 0.1) is 24.2 Å². The van der Waals surface area contributed by atoms with Gasteiger partial charge in [0.05, 0.1) is 12.0 Å². The highest BCUT2D eigenvalue weighted by Gasteiger charge is 2.24. The van der Waals surface area contributed by atoms with Crippen LogP contribution in [0.4, 0.5) is 5.69 Å². The maximum absolute atomic E-state index is 9.15. The molecule has 3 heteroatoms. The Morgan fingerprint density at radius 1 is 1.35 bits per heavy atom. The Kier molecular flexibility index (Phi) is 3.91. The van der Waals surface area contributed by atoms with Crippen LogP contribution in [-0.2, 0) is 0 Å². The molecule has 1 aromatic carbocycles. The molecule has 0 spiro atoms. The second kappa shape index (κ2) is 5.42. The molecule has 0 heterocycles. The van der Waals surface area contributed by atoms with Crippen LogP contribution in [0.2, 0.25) is 5.02 Å². The summed E-state index contributed by atoms with van der Waals surface area (Å²) in [7, 11) is 0. The lowest BCUT2D eigenvalue weighted by atomic mass is 9.85. The lowest BCUT2D eigenvalue weighted by Crippen LogP contribution is -2.31. The van der Waals surface area contributed by atoms with Crippen molar-refractivity contribution in [3.63, 3.8) is 0 Å². The van der Waals surface area contributed by atoms with Gasteiger partial charge in [-0.1, -0.05) is 30.5 Å². The van der Waals surface area contributed by atoms with Gasteiger partial charge in [-0.3, -0.25) is 0 Å². The van der Waals surface area contributed by atoms with E-state index in [0.29, 0.717) is 0 Å². The van der Waals surface area contributed by atoms with Crippen LogP contribution in [0.3, 0.4) is 0 Å². The maximum Gasteiger partial charge on any atom is 0.0677 e. The third kappa shape index (κ3) is 2.92. The molecule has 90 valence electrons. The molecule has 0 aromatic heterocycles. The van der Waals surface area contributed by atoms with E-state index in [9.17, 15) is 0 Å². The van der Waals surface area contributed by atoms with E-state index < -0.39 is 0 Å². The summed E-state index contributed by atoms with van der Waals surface area (Å²) >= 11 is 6.00. The van der Waals surface area contributed by atoms with Crippen molar-refractivity contribution >= 4 is 17.3 Å². The quantitative estimate of drug-likeness (QED) is 0.854. The summed E-state index contributed by atoms with van der Waals surface area (Å²) in [5.41, 5.74) is 2.24. The molecule has 1 N–H and O–H groups in total. The molecule has 2 nitrogen and oxygen atoms in total. The van der Waals surface area contributed by atoms with Gasteiger partial charge in [0.1, 0.15) is 0 Å². The first-order valence-electron chi connectivity index (χ1n) is 6.13. The van der Waals surface area contributed by atoms with E-state index in [1.165, 1.54) is 18.4 Å². The van der Waals surface area contributed by atoms with E-state index in [1.54, 1.807) is 0 Å². The highest BCUT2D eigenvalue weighted by Crippen LogP contribution is 2.29. The molecule has 0 aliphatic heterocycles. The molecule has 2 rings (SSSR count). The zero-order valence-electron chi connectivity index (χ0n) is 10.0. The molecule has 1 fully saturated rings. The number of benzene rings is 1. The van der Waals surface area contributed by atoms with Gasteiger partial charge in [0.15, 0.2) is 0 Å². The molecule has 1 saturated carbocycles. The normalized spacial score (nSPS) is 24.1. The Bertz CT molecular complexity index is 436. The van der Waals surface area contributed by atoms with E-state index in [4.69, 9.17) is 16.9 Å². The van der Waals surface area contributed by atoms with Gasteiger partial charge < -0.3 is 5.32 Å². The summed E-state index contributed by atoms with van der Waals surface area (Å²) in [6.45, 7) is 2.06. The van der Waals surface area contributed by atoms with Crippen LogP contribution >= 0.6 is 11.6 Å². The number of nitriles is 1. The lowest BCUT2D eigenvalue weighted by molar-refractivity contribution is 0.388. The molecule has 1 aliphatic carbocycles. The van der Waals surface area contributed by atoms with Gasteiger partial charge in [-0.05, 0) is 37.5 Å². The van der Waals surface area contributed by atoms with Crippen LogP contribution < -0.4 is 5.32 Å². The van der Waals surface area contributed by atoms with Gasteiger partial charge in [0, 0.05) is 16.8 Å². The molecular formula is C14H17ClN2. The fourth-order valence-electron chi connectivity index (χ4n) is 2.41. The van der Waals surface area contributed by atoms with Gasteiger partial charge >= 0.3 is 0 Å². The predicted molar refractivity (Wildman–Crippen MR) is 71.2 cm³/mol. The average Bonchev–Trinajstić information content (AvgIpc) is 2.34. The number of halogens is 1.